The molecule has 2 unspecified atom stereocenters. The van der Waals surface area contributed by atoms with E-state index >= 15 is 0 Å². The van der Waals surface area contributed by atoms with Crippen LogP contribution in [0, 0.1) is 5.92 Å². The fraction of sp³-hybridized carbons (Fsp3) is 1.00. The van der Waals surface area contributed by atoms with Gasteiger partial charge in [-0.15, -0.1) is 0 Å². The van der Waals surface area contributed by atoms with Crippen molar-refractivity contribution in [1.82, 2.24) is 0 Å². The largest absolute Gasteiger partial charge is 0.330 e. The van der Waals surface area contributed by atoms with Gasteiger partial charge >= 0.3 is 0 Å². The maximum Gasteiger partial charge on any atom is 0.0272 e. The molecule has 0 saturated heterocycles. The molecule has 0 bridgehead atoms. The van der Waals surface area contributed by atoms with Gasteiger partial charge in [0.2, 0.25) is 0 Å². The second kappa shape index (κ2) is 9.03. The van der Waals surface area contributed by atoms with E-state index in [9.17, 15) is 4.21 Å². The highest BCUT2D eigenvalue weighted by Crippen LogP contribution is 2.03. The summed E-state index contributed by atoms with van der Waals surface area (Å²) in [4.78, 5) is 0. The quantitative estimate of drug-likeness (QED) is 0.634. The highest BCUT2D eigenvalue weighted by molar-refractivity contribution is 7.99. The molecule has 2 nitrogen and oxygen atoms in total. The molecule has 0 amide bonds. The number of nitrogens with two attached hydrogens (primary N) is 1. The van der Waals surface area contributed by atoms with E-state index in [1.54, 1.807) is 0 Å². The molecule has 0 radical (unpaired) electrons. The predicted molar refractivity (Wildman–Crippen MR) is 63.7 cm³/mol. The zero-order valence-corrected chi connectivity index (χ0v) is 10.3. The highest BCUT2D eigenvalue weighted by Gasteiger charge is 2.05. The Bertz CT molecular complexity index is 142. The Morgan fingerprint density at radius 1 is 1.54 bits per heavy atom. The van der Waals surface area contributed by atoms with Crippen LogP contribution in [0.15, 0.2) is 0 Å². The van der Waals surface area contributed by atoms with Crippen LogP contribution in [-0.4, -0.2) is 33.8 Å². The maximum atomic E-state index is 11.4. The molecule has 0 aliphatic rings. The number of rotatable bonds is 8. The maximum absolute atomic E-state index is 11.4. The van der Waals surface area contributed by atoms with Gasteiger partial charge in [0.05, 0.1) is 0 Å². The van der Waals surface area contributed by atoms with E-state index in [-0.39, 0.29) is 0 Å². The molecule has 4 heteroatoms. The number of hydrogen-bond donors (Lipinski definition) is 1. The van der Waals surface area contributed by atoms with Gasteiger partial charge in [-0.1, -0.05) is 13.8 Å². The highest BCUT2D eigenvalue weighted by atomic mass is 32.2. The van der Waals surface area contributed by atoms with Crippen molar-refractivity contribution in [3.63, 3.8) is 0 Å². The second-order valence-electron chi connectivity index (χ2n) is 3.20. The third-order valence-corrected chi connectivity index (χ3v) is 4.41. The lowest BCUT2D eigenvalue weighted by atomic mass is 10.2. The van der Waals surface area contributed by atoms with Crippen molar-refractivity contribution >= 4 is 22.6 Å². The van der Waals surface area contributed by atoms with Crippen LogP contribution in [-0.2, 0) is 10.8 Å². The average Bonchev–Trinajstić information content (AvgIpc) is 2.12. The molecular weight excluding hydrogens is 202 g/mol. The van der Waals surface area contributed by atoms with Gasteiger partial charge in [-0.2, -0.15) is 11.8 Å². The Balaban J connectivity index is 3.30. The van der Waals surface area contributed by atoms with Crippen molar-refractivity contribution < 1.29 is 4.21 Å². The molecule has 0 rings (SSSR count). The van der Waals surface area contributed by atoms with Crippen LogP contribution in [0.4, 0.5) is 0 Å². The summed E-state index contributed by atoms with van der Waals surface area (Å²) < 4.78 is 11.4. The van der Waals surface area contributed by atoms with Gasteiger partial charge in [-0.25, -0.2) is 0 Å². The summed E-state index contributed by atoms with van der Waals surface area (Å²) in [6.45, 7) is 4.85. The molecule has 0 heterocycles. The van der Waals surface area contributed by atoms with Crippen molar-refractivity contribution in [2.75, 3.05) is 29.6 Å². The van der Waals surface area contributed by atoms with Gasteiger partial charge in [0.15, 0.2) is 0 Å². The molecule has 2 atom stereocenters. The monoisotopic (exact) mass is 223 g/mol. The second-order valence-corrected chi connectivity index (χ2v) is 6.22. The normalized spacial score (nSPS) is 15.6. The van der Waals surface area contributed by atoms with E-state index in [2.05, 4.69) is 13.8 Å². The van der Waals surface area contributed by atoms with Crippen LogP contribution in [0.5, 0.6) is 0 Å². The molecule has 0 spiro atoms. The van der Waals surface area contributed by atoms with Gasteiger partial charge in [0.1, 0.15) is 0 Å². The fourth-order valence-corrected chi connectivity index (χ4v) is 3.16. The molecule has 80 valence electrons. The lowest BCUT2D eigenvalue weighted by Crippen LogP contribution is -2.19. The Morgan fingerprint density at radius 3 is 2.77 bits per heavy atom. The Morgan fingerprint density at radius 2 is 2.23 bits per heavy atom. The topological polar surface area (TPSA) is 43.1 Å². The van der Waals surface area contributed by atoms with Crippen molar-refractivity contribution in [2.24, 2.45) is 11.7 Å². The fourth-order valence-electron chi connectivity index (χ4n) is 0.935. The molecule has 0 aromatic rings. The van der Waals surface area contributed by atoms with Crippen molar-refractivity contribution in [2.45, 2.75) is 20.3 Å². The first-order chi connectivity index (χ1) is 6.20. The minimum absolute atomic E-state index is 0.402. The van der Waals surface area contributed by atoms with Crippen LogP contribution in [0.1, 0.15) is 20.3 Å². The summed E-state index contributed by atoms with van der Waals surface area (Å²) in [7, 11) is -0.647. The molecule has 0 aromatic heterocycles. The third kappa shape index (κ3) is 8.78. The molecule has 2 N–H and O–H groups in total. The van der Waals surface area contributed by atoms with E-state index in [0.29, 0.717) is 12.5 Å². The minimum atomic E-state index is -0.647. The molecule has 13 heavy (non-hydrogen) atoms. The molecule has 0 fully saturated rings. The Labute approximate surface area is 88.5 Å². The van der Waals surface area contributed by atoms with Gasteiger partial charge < -0.3 is 5.73 Å². The molecule has 0 aliphatic heterocycles. The van der Waals surface area contributed by atoms with E-state index in [0.717, 1.165) is 29.4 Å². The van der Waals surface area contributed by atoms with Crippen LogP contribution < -0.4 is 5.73 Å². The number of hydrogen-bond acceptors (Lipinski definition) is 3. The standard InChI is InChI=1S/C9H21NOS2/c1-3-12-5-4-6-13(11)8-9(2)7-10/h9H,3-8,10H2,1-2H3. The first-order valence-corrected chi connectivity index (χ1v) is 7.47. The van der Waals surface area contributed by atoms with Crippen molar-refractivity contribution in [3.8, 4) is 0 Å². The molecular formula is C9H21NOS2. The smallest absolute Gasteiger partial charge is 0.0272 e. The molecule has 0 aromatic carbocycles. The summed E-state index contributed by atoms with van der Waals surface area (Å²) in [6.07, 6.45) is 1.07. The van der Waals surface area contributed by atoms with Crippen LogP contribution in [0.3, 0.4) is 0 Å². The average molecular weight is 223 g/mol. The Hall–Kier alpha value is 0.460. The third-order valence-electron chi connectivity index (χ3n) is 1.74. The van der Waals surface area contributed by atoms with Crippen LogP contribution in [0.2, 0.25) is 0 Å². The lowest BCUT2D eigenvalue weighted by Gasteiger charge is -2.07. The summed E-state index contributed by atoms with van der Waals surface area (Å²) >= 11 is 1.92. The summed E-state index contributed by atoms with van der Waals surface area (Å²) in [5, 5.41) is 0. The van der Waals surface area contributed by atoms with E-state index in [1.165, 1.54) is 0 Å². The first-order valence-electron chi connectivity index (χ1n) is 4.83. The van der Waals surface area contributed by atoms with Crippen LogP contribution in [0.25, 0.3) is 0 Å². The summed E-state index contributed by atoms with van der Waals surface area (Å²) in [6, 6.07) is 0. The van der Waals surface area contributed by atoms with Gasteiger partial charge in [-0.05, 0) is 30.4 Å². The van der Waals surface area contributed by atoms with Crippen molar-refractivity contribution in [3.05, 3.63) is 0 Å². The van der Waals surface area contributed by atoms with Gasteiger partial charge in [0, 0.05) is 22.3 Å². The molecule has 0 saturated carbocycles. The predicted octanol–water partition coefficient (Wildman–Crippen LogP) is 1.47. The lowest BCUT2D eigenvalue weighted by molar-refractivity contribution is 0.640. The zero-order valence-electron chi connectivity index (χ0n) is 8.62. The summed E-state index contributed by atoms with van der Waals surface area (Å²) in [5.41, 5.74) is 5.46. The van der Waals surface area contributed by atoms with E-state index in [4.69, 9.17) is 5.73 Å². The minimum Gasteiger partial charge on any atom is -0.330 e. The Kier molecular flexibility index (Phi) is 9.35. The van der Waals surface area contributed by atoms with E-state index in [1.807, 2.05) is 11.8 Å². The number of thioether (sulfide) groups is 1. The van der Waals surface area contributed by atoms with Crippen molar-refractivity contribution in [1.29, 1.82) is 0 Å². The SMILES string of the molecule is CCSCCCS(=O)CC(C)CN. The van der Waals surface area contributed by atoms with Gasteiger partial charge in [0.25, 0.3) is 0 Å². The summed E-state index contributed by atoms with van der Waals surface area (Å²) in [5.74, 6) is 4.31. The van der Waals surface area contributed by atoms with Gasteiger partial charge in [-0.3, -0.25) is 4.21 Å². The zero-order chi connectivity index (χ0) is 10.1. The first kappa shape index (κ1) is 13.5. The van der Waals surface area contributed by atoms with E-state index < -0.39 is 10.8 Å². The molecule has 0 aliphatic carbocycles. The van der Waals surface area contributed by atoms with Crippen LogP contribution >= 0.6 is 11.8 Å².